The highest BCUT2D eigenvalue weighted by molar-refractivity contribution is 7.11. The van der Waals surface area contributed by atoms with Crippen molar-refractivity contribution in [3.05, 3.63) is 16.1 Å². The minimum absolute atomic E-state index is 0.224. The quantitative estimate of drug-likeness (QED) is 0.792. The number of nitrogens with zero attached hydrogens (tertiary/aromatic N) is 1. The Morgan fingerprint density at radius 2 is 2.23 bits per heavy atom. The molecule has 3 nitrogen and oxygen atoms in total. The standard InChI is InChI=1S/C9H11NO2S/c11-9(12)8-10-7(5-13-8)6-3-1-2-4-6/h5-6H,1-4H2,(H,11,12). The van der Waals surface area contributed by atoms with Crippen LogP contribution in [0, 0.1) is 0 Å². The van der Waals surface area contributed by atoms with Gasteiger partial charge in [0.2, 0.25) is 5.01 Å². The number of carboxylic acids is 1. The lowest BCUT2D eigenvalue weighted by molar-refractivity contribution is 0.0696. The van der Waals surface area contributed by atoms with E-state index in [1.807, 2.05) is 5.38 Å². The molecule has 1 heterocycles. The van der Waals surface area contributed by atoms with Gasteiger partial charge in [0.1, 0.15) is 0 Å². The molecule has 1 aliphatic carbocycles. The maximum Gasteiger partial charge on any atom is 0.365 e. The molecule has 70 valence electrons. The van der Waals surface area contributed by atoms with Crippen molar-refractivity contribution in [3.63, 3.8) is 0 Å². The van der Waals surface area contributed by atoms with Crippen LogP contribution in [0.15, 0.2) is 5.38 Å². The summed E-state index contributed by atoms with van der Waals surface area (Å²) < 4.78 is 0. The fourth-order valence-electron chi connectivity index (χ4n) is 1.79. The summed E-state index contributed by atoms with van der Waals surface area (Å²) in [4.78, 5) is 14.7. The number of aromatic nitrogens is 1. The van der Waals surface area contributed by atoms with E-state index in [2.05, 4.69) is 4.98 Å². The second-order valence-electron chi connectivity index (χ2n) is 3.36. The molecule has 1 saturated carbocycles. The van der Waals surface area contributed by atoms with Gasteiger partial charge in [0.05, 0.1) is 5.69 Å². The van der Waals surface area contributed by atoms with Crippen molar-refractivity contribution in [3.8, 4) is 0 Å². The molecule has 1 fully saturated rings. The molecular weight excluding hydrogens is 186 g/mol. The van der Waals surface area contributed by atoms with Gasteiger partial charge in [0.25, 0.3) is 0 Å². The largest absolute Gasteiger partial charge is 0.476 e. The van der Waals surface area contributed by atoms with E-state index in [-0.39, 0.29) is 5.01 Å². The smallest absolute Gasteiger partial charge is 0.365 e. The van der Waals surface area contributed by atoms with Crippen LogP contribution in [0.1, 0.15) is 47.1 Å². The third-order valence-corrected chi connectivity index (χ3v) is 3.33. The predicted molar refractivity (Wildman–Crippen MR) is 50.3 cm³/mol. The Bertz CT molecular complexity index is 315. The van der Waals surface area contributed by atoms with Crippen molar-refractivity contribution in [1.82, 2.24) is 4.98 Å². The highest BCUT2D eigenvalue weighted by Crippen LogP contribution is 2.34. The lowest BCUT2D eigenvalue weighted by atomic mass is 10.1. The summed E-state index contributed by atoms with van der Waals surface area (Å²) in [7, 11) is 0. The van der Waals surface area contributed by atoms with Gasteiger partial charge in [0.15, 0.2) is 0 Å². The number of carboxylic acid groups (broad SMARTS) is 1. The maximum absolute atomic E-state index is 10.6. The van der Waals surface area contributed by atoms with E-state index in [9.17, 15) is 4.79 Å². The van der Waals surface area contributed by atoms with E-state index < -0.39 is 5.97 Å². The summed E-state index contributed by atoms with van der Waals surface area (Å²) in [5.74, 6) is -0.390. The summed E-state index contributed by atoms with van der Waals surface area (Å²) in [6, 6.07) is 0. The van der Waals surface area contributed by atoms with E-state index in [4.69, 9.17) is 5.11 Å². The van der Waals surface area contributed by atoms with Crippen molar-refractivity contribution in [2.45, 2.75) is 31.6 Å². The van der Waals surface area contributed by atoms with Crippen LogP contribution in [0.25, 0.3) is 0 Å². The van der Waals surface area contributed by atoms with Crippen molar-refractivity contribution < 1.29 is 9.90 Å². The highest BCUT2D eigenvalue weighted by atomic mass is 32.1. The average Bonchev–Trinajstić information content (AvgIpc) is 2.75. The Morgan fingerprint density at radius 3 is 2.77 bits per heavy atom. The molecule has 4 heteroatoms. The number of hydrogen-bond acceptors (Lipinski definition) is 3. The third-order valence-electron chi connectivity index (χ3n) is 2.48. The zero-order valence-electron chi connectivity index (χ0n) is 7.19. The van der Waals surface area contributed by atoms with E-state index in [0.29, 0.717) is 5.92 Å². The predicted octanol–water partition coefficient (Wildman–Crippen LogP) is 2.50. The number of aromatic carboxylic acids is 1. The first-order chi connectivity index (χ1) is 6.27. The summed E-state index contributed by atoms with van der Waals surface area (Å²) >= 11 is 1.23. The Balaban J connectivity index is 2.16. The van der Waals surface area contributed by atoms with Gasteiger partial charge in [-0.25, -0.2) is 9.78 Å². The van der Waals surface area contributed by atoms with Crippen LogP contribution >= 0.6 is 11.3 Å². The lowest BCUT2D eigenvalue weighted by Crippen LogP contribution is -1.97. The first-order valence-corrected chi connectivity index (χ1v) is 5.34. The van der Waals surface area contributed by atoms with Gasteiger partial charge in [-0.05, 0) is 12.8 Å². The fraction of sp³-hybridized carbons (Fsp3) is 0.556. The molecule has 0 spiro atoms. The lowest BCUT2D eigenvalue weighted by Gasteiger charge is -2.02. The number of hydrogen-bond donors (Lipinski definition) is 1. The van der Waals surface area contributed by atoms with Gasteiger partial charge in [-0.1, -0.05) is 12.8 Å². The van der Waals surface area contributed by atoms with Crippen molar-refractivity contribution in [1.29, 1.82) is 0 Å². The summed E-state index contributed by atoms with van der Waals surface area (Å²) in [5, 5.41) is 10.8. The molecule has 13 heavy (non-hydrogen) atoms. The van der Waals surface area contributed by atoms with Crippen LogP contribution in [0.2, 0.25) is 0 Å². The van der Waals surface area contributed by atoms with Crippen LogP contribution in [-0.2, 0) is 0 Å². The molecule has 1 aliphatic rings. The summed E-state index contributed by atoms with van der Waals surface area (Å²) in [6.45, 7) is 0. The second-order valence-corrected chi connectivity index (χ2v) is 4.22. The number of carbonyl (C=O) groups is 1. The highest BCUT2D eigenvalue weighted by Gasteiger charge is 2.20. The van der Waals surface area contributed by atoms with Crippen molar-refractivity contribution in [2.75, 3.05) is 0 Å². The zero-order chi connectivity index (χ0) is 9.26. The zero-order valence-corrected chi connectivity index (χ0v) is 8.01. The van der Waals surface area contributed by atoms with E-state index in [1.54, 1.807) is 0 Å². The normalized spacial score (nSPS) is 17.8. The molecule has 1 aromatic rings. The Hall–Kier alpha value is -0.900. The SMILES string of the molecule is O=C(O)c1nc(C2CCCC2)cs1. The van der Waals surface area contributed by atoms with E-state index in [0.717, 1.165) is 5.69 Å². The molecule has 1 N–H and O–H groups in total. The van der Waals surface area contributed by atoms with Crippen molar-refractivity contribution >= 4 is 17.3 Å². The molecule has 0 amide bonds. The van der Waals surface area contributed by atoms with Crippen LogP contribution in [0.3, 0.4) is 0 Å². The molecule has 0 atom stereocenters. The molecular formula is C9H11NO2S. The Morgan fingerprint density at radius 1 is 1.54 bits per heavy atom. The molecule has 2 rings (SSSR count). The van der Waals surface area contributed by atoms with Gasteiger partial charge >= 0.3 is 5.97 Å². The topological polar surface area (TPSA) is 50.2 Å². The number of rotatable bonds is 2. The first-order valence-electron chi connectivity index (χ1n) is 4.46. The van der Waals surface area contributed by atoms with Gasteiger partial charge in [-0.3, -0.25) is 0 Å². The molecule has 0 radical (unpaired) electrons. The van der Waals surface area contributed by atoms with Crippen LogP contribution < -0.4 is 0 Å². The molecule has 0 aliphatic heterocycles. The van der Waals surface area contributed by atoms with Gasteiger partial charge in [0, 0.05) is 11.3 Å². The van der Waals surface area contributed by atoms with Crippen LogP contribution in [0.5, 0.6) is 0 Å². The molecule has 0 unspecified atom stereocenters. The second kappa shape index (κ2) is 3.46. The molecule has 0 aromatic carbocycles. The molecule has 0 bridgehead atoms. The van der Waals surface area contributed by atoms with Crippen LogP contribution in [0.4, 0.5) is 0 Å². The summed E-state index contributed by atoms with van der Waals surface area (Å²) in [6.07, 6.45) is 4.85. The fourth-order valence-corrected chi connectivity index (χ4v) is 2.53. The van der Waals surface area contributed by atoms with Gasteiger partial charge in [-0.2, -0.15) is 0 Å². The average molecular weight is 197 g/mol. The van der Waals surface area contributed by atoms with Gasteiger partial charge < -0.3 is 5.11 Å². The van der Waals surface area contributed by atoms with Crippen molar-refractivity contribution in [2.24, 2.45) is 0 Å². The molecule has 1 aromatic heterocycles. The minimum Gasteiger partial charge on any atom is -0.476 e. The Kier molecular flexibility index (Phi) is 2.31. The Labute approximate surface area is 80.4 Å². The maximum atomic E-state index is 10.6. The van der Waals surface area contributed by atoms with E-state index >= 15 is 0 Å². The third kappa shape index (κ3) is 1.72. The summed E-state index contributed by atoms with van der Waals surface area (Å²) in [5.41, 5.74) is 0.986. The van der Waals surface area contributed by atoms with Crippen LogP contribution in [-0.4, -0.2) is 16.1 Å². The van der Waals surface area contributed by atoms with Gasteiger partial charge in [-0.15, -0.1) is 11.3 Å². The number of thiazole rings is 1. The van der Waals surface area contributed by atoms with E-state index in [1.165, 1.54) is 37.0 Å². The minimum atomic E-state index is -0.908. The first kappa shape index (κ1) is 8.69. The monoisotopic (exact) mass is 197 g/mol. The molecule has 0 saturated heterocycles.